The van der Waals surface area contributed by atoms with E-state index in [0.29, 0.717) is 23.9 Å². The molecular formula is C21H27N3O5. The predicted octanol–water partition coefficient (Wildman–Crippen LogP) is 2.80. The quantitative estimate of drug-likeness (QED) is 0.448. The van der Waals surface area contributed by atoms with Crippen molar-refractivity contribution in [3.8, 4) is 0 Å². The van der Waals surface area contributed by atoms with Gasteiger partial charge in [0.15, 0.2) is 0 Å². The summed E-state index contributed by atoms with van der Waals surface area (Å²) in [6, 6.07) is 4.45. The van der Waals surface area contributed by atoms with E-state index >= 15 is 0 Å². The lowest BCUT2D eigenvalue weighted by molar-refractivity contribution is -0.384. The molecule has 2 amide bonds. The molecule has 0 aliphatic heterocycles. The first-order valence-electron chi connectivity index (χ1n) is 10.2. The van der Waals surface area contributed by atoms with Gasteiger partial charge in [0, 0.05) is 19.7 Å². The third-order valence-corrected chi connectivity index (χ3v) is 7.23. The summed E-state index contributed by atoms with van der Waals surface area (Å²) < 4.78 is 5.99. The van der Waals surface area contributed by atoms with Crippen LogP contribution in [0.1, 0.15) is 37.7 Å². The van der Waals surface area contributed by atoms with Crippen LogP contribution in [0.2, 0.25) is 0 Å². The van der Waals surface area contributed by atoms with Crippen molar-refractivity contribution in [1.82, 2.24) is 5.32 Å². The van der Waals surface area contributed by atoms with E-state index in [1.165, 1.54) is 18.6 Å². The van der Waals surface area contributed by atoms with Gasteiger partial charge in [-0.1, -0.05) is 6.07 Å². The third-order valence-electron chi connectivity index (χ3n) is 7.23. The van der Waals surface area contributed by atoms with E-state index in [-0.39, 0.29) is 11.4 Å². The highest BCUT2D eigenvalue weighted by Gasteiger charge is 2.57. The van der Waals surface area contributed by atoms with Gasteiger partial charge in [-0.05, 0) is 74.3 Å². The minimum absolute atomic E-state index is 0.0110. The molecule has 8 heteroatoms. The van der Waals surface area contributed by atoms with Crippen LogP contribution in [-0.2, 0) is 14.3 Å². The molecule has 0 spiro atoms. The fraction of sp³-hybridized carbons (Fsp3) is 0.619. The highest BCUT2D eigenvalue weighted by atomic mass is 16.6. The average Bonchev–Trinajstić information content (AvgIpc) is 2.68. The lowest BCUT2D eigenvalue weighted by Crippen LogP contribution is -2.63. The Morgan fingerprint density at radius 3 is 2.31 bits per heavy atom. The summed E-state index contributed by atoms with van der Waals surface area (Å²) in [4.78, 5) is 35.4. The second-order valence-electron chi connectivity index (χ2n) is 8.88. The third kappa shape index (κ3) is 3.50. The number of rotatable bonds is 5. The molecule has 0 aromatic heterocycles. The van der Waals surface area contributed by atoms with Gasteiger partial charge in [-0.3, -0.25) is 19.7 Å². The van der Waals surface area contributed by atoms with E-state index in [0.717, 1.165) is 37.5 Å². The maximum absolute atomic E-state index is 12.4. The van der Waals surface area contributed by atoms with E-state index in [1.807, 2.05) is 0 Å². The summed E-state index contributed by atoms with van der Waals surface area (Å²) in [5.74, 6) is 0.636. The summed E-state index contributed by atoms with van der Waals surface area (Å²) in [7, 11) is 1.70. The molecule has 8 nitrogen and oxygen atoms in total. The molecule has 4 bridgehead atoms. The van der Waals surface area contributed by atoms with E-state index in [1.54, 1.807) is 20.1 Å². The van der Waals surface area contributed by atoms with E-state index in [9.17, 15) is 19.7 Å². The Kier molecular flexibility index (Phi) is 5.06. The molecule has 4 aliphatic rings. The molecule has 1 aromatic carbocycles. The molecule has 5 rings (SSSR count). The zero-order valence-electron chi connectivity index (χ0n) is 16.8. The first kappa shape index (κ1) is 19.8. The molecule has 0 saturated heterocycles. The lowest BCUT2D eigenvalue weighted by atomic mass is 9.49. The zero-order valence-corrected chi connectivity index (χ0v) is 16.8. The number of hydrogen-bond acceptors (Lipinski definition) is 5. The molecule has 4 saturated carbocycles. The number of ether oxygens (including phenoxy) is 1. The number of benzene rings is 1. The number of nitro groups is 1. The summed E-state index contributed by atoms with van der Waals surface area (Å²) in [5.41, 5.74) is 0.0552. The molecule has 4 fully saturated rings. The Balaban J connectivity index is 1.42. The molecule has 4 aliphatic carbocycles. The molecule has 0 unspecified atom stereocenters. The molecule has 0 atom stereocenters. The Bertz CT molecular complexity index is 825. The second-order valence-corrected chi connectivity index (χ2v) is 8.88. The SMILES string of the molecule is COC1(CNC(=O)C(=O)Nc2ccc(C)cc2[N+](=O)[O-])C2CC3CC(C2)CC1C3. The van der Waals surface area contributed by atoms with Gasteiger partial charge >= 0.3 is 11.8 Å². The second kappa shape index (κ2) is 7.40. The highest BCUT2D eigenvalue weighted by molar-refractivity contribution is 6.39. The minimum Gasteiger partial charge on any atom is -0.376 e. The maximum atomic E-state index is 12.4. The molecule has 2 N–H and O–H groups in total. The smallest absolute Gasteiger partial charge is 0.313 e. The van der Waals surface area contributed by atoms with Crippen molar-refractivity contribution in [1.29, 1.82) is 0 Å². The van der Waals surface area contributed by atoms with Crippen LogP contribution in [0.15, 0.2) is 18.2 Å². The largest absolute Gasteiger partial charge is 0.376 e. The standard InChI is InChI=1S/C21H27N3O5/c1-12-3-4-17(18(5-12)24(27)28)23-20(26)19(25)22-11-21(29-2)15-7-13-6-14(9-15)10-16(21)8-13/h3-5,13-16H,6-11H2,1-2H3,(H,22,25)(H,23,26). The van der Waals surface area contributed by atoms with E-state index in [4.69, 9.17) is 4.74 Å². The summed E-state index contributed by atoms with van der Waals surface area (Å²) in [6.07, 6.45) is 5.81. The van der Waals surface area contributed by atoms with Crippen LogP contribution >= 0.6 is 0 Å². The minimum atomic E-state index is -0.910. The number of nitrogens with one attached hydrogen (secondary N) is 2. The van der Waals surface area contributed by atoms with Gasteiger partial charge < -0.3 is 15.4 Å². The fourth-order valence-electron chi connectivity index (χ4n) is 6.05. The van der Waals surface area contributed by atoms with Crippen molar-refractivity contribution in [3.05, 3.63) is 33.9 Å². The zero-order chi connectivity index (χ0) is 20.8. The summed E-state index contributed by atoms with van der Waals surface area (Å²) in [5, 5.41) is 16.3. The molecule has 1 aromatic rings. The van der Waals surface area contributed by atoms with Crippen LogP contribution in [0.25, 0.3) is 0 Å². The number of carbonyl (C=O) groups is 2. The normalized spacial score (nSPS) is 32.1. The van der Waals surface area contributed by atoms with Crippen molar-refractivity contribution in [2.75, 3.05) is 19.0 Å². The number of nitrogens with zero attached hydrogens (tertiary/aromatic N) is 1. The van der Waals surface area contributed by atoms with E-state index in [2.05, 4.69) is 10.6 Å². The topological polar surface area (TPSA) is 111 Å². The van der Waals surface area contributed by atoms with Crippen molar-refractivity contribution in [3.63, 3.8) is 0 Å². The number of methoxy groups -OCH3 is 1. The van der Waals surface area contributed by atoms with Crippen molar-refractivity contribution in [2.45, 2.75) is 44.6 Å². The molecule has 0 heterocycles. The van der Waals surface area contributed by atoms with Crippen LogP contribution in [0.4, 0.5) is 11.4 Å². The van der Waals surface area contributed by atoms with Gasteiger partial charge in [0.25, 0.3) is 5.69 Å². The van der Waals surface area contributed by atoms with Gasteiger partial charge in [0.05, 0.1) is 10.5 Å². The number of aryl methyl sites for hydroxylation is 1. The van der Waals surface area contributed by atoms with Crippen molar-refractivity contribution < 1.29 is 19.2 Å². The highest BCUT2D eigenvalue weighted by Crippen LogP contribution is 2.59. The Morgan fingerprint density at radius 2 is 1.76 bits per heavy atom. The fourth-order valence-corrected chi connectivity index (χ4v) is 6.05. The number of nitro benzene ring substituents is 1. The first-order chi connectivity index (χ1) is 13.8. The number of anilines is 1. The number of amides is 2. The molecular weight excluding hydrogens is 374 g/mol. The Morgan fingerprint density at radius 1 is 1.14 bits per heavy atom. The molecule has 0 radical (unpaired) electrons. The predicted molar refractivity (Wildman–Crippen MR) is 106 cm³/mol. The van der Waals surface area contributed by atoms with Gasteiger partial charge in [-0.15, -0.1) is 0 Å². The van der Waals surface area contributed by atoms with E-state index < -0.39 is 22.3 Å². The van der Waals surface area contributed by atoms with Gasteiger partial charge in [-0.25, -0.2) is 0 Å². The Hall–Kier alpha value is -2.48. The number of hydrogen-bond donors (Lipinski definition) is 2. The number of carbonyl (C=O) groups excluding carboxylic acids is 2. The first-order valence-corrected chi connectivity index (χ1v) is 10.2. The monoisotopic (exact) mass is 401 g/mol. The van der Waals surface area contributed by atoms with Crippen molar-refractivity contribution in [2.24, 2.45) is 23.7 Å². The van der Waals surface area contributed by atoms with Gasteiger partial charge in [-0.2, -0.15) is 0 Å². The lowest BCUT2D eigenvalue weighted by Gasteiger charge is -2.60. The van der Waals surface area contributed by atoms with Crippen LogP contribution in [-0.4, -0.2) is 36.0 Å². The van der Waals surface area contributed by atoms with Crippen molar-refractivity contribution >= 4 is 23.2 Å². The van der Waals surface area contributed by atoms with Crippen LogP contribution < -0.4 is 10.6 Å². The average molecular weight is 401 g/mol. The summed E-state index contributed by atoms with van der Waals surface area (Å²) >= 11 is 0. The molecule has 29 heavy (non-hydrogen) atoms. The van der Waals surface area contributed by atoms with Crippen LogP contribution in [0.3, 0.4) is 0 Å². The van der Waals surface area contributed by atoms with Crippen LogP contribution in [0.5, 0.6) is 0 Å². The van der Waals surface area contributed by atoms with Crippen LogP contribution in [0, 0.1) is 40.7 Å². The molecule has 156 valence electrons. The maximum Gasteiger partial charge on any atom is 0.313 e. The van der Waals surface area contributed by atoms with Gasteiger partial charge in [0.2, 0.25) is 0 Å². The van der Waals surface area contributed by atoms with Gasteiger partial charge in [0.1, 0.15) is 5.69 Å². The summed E-state index contributed by atoms with van der Waals surface area (Å²) in [6.45, 7) is 2.01. The Labute approximate surface area is 169 Å².